The van der Waals surface area contributed by atoms with Gasteiger partial charge in [0.1, 0.15) is 6.17 Å². The molecule has 1 aromatic heterocycles. The van der Waals surface area contributed by atoms with Gasteiger partial charge in [-0.3, -0.25) is 0 Å². The number of alkyl halides is 1. The third-order valence-corrected chi connectivity index (χ3v) is 1.87. The van der Waals surface area contributed by atoms with Crippen LogP contribution >= 0.6 is 0 Å². The van der Waals surface area contributed by atoms with Crippen molar-refractivity contribution in [3.05, 3.63) is 29.8 Å². The number of tetrazole rings is 1. The summed E-state index contributed by atoms with van der Waals surface area (Å²) >= 11 is 0. The lowest BCUT2D eigenvalue weighted by Crippen LogP contribution is -1.88. The summed E-state index contributed by atoms with van der Waals surface area (Å²) in [6.07, 6.45) is -1.04. The minimum Gasteiger partial charge on any atom is -0.243 e. The van der Waals surface area contributed by atoms with Gasteiger partial charge in [-0.2, -0.15) is 0 Å². The molecule has 1 radical (unpaired) electrons. The van der Waals surface area contributed by atoms with Gasteiger partial charge in [-0.05, 0) is 35.0 Å². The van der Waals surface area contributed by atoms with Crippen LogP contribution in [0.1, 0.15) is 18.7 Å². The highest BCUT2D eigenvalue weighted by Crippen LogP contribution is 2.21. The van der Waals surface area contributed by atoms with E-state index in [1.165, 1.54) is 6.92 Å². The van der Waals surface area contributed by atoms with Crippen molar-refractivity contribution >= 4 is 0 Å². The Morgan fingerprint density at radius 1 is 1.57 bits per heavy atom. The zero-order valence-corrected chi connectivity index (χ0v) is 7.53. The molecule has 5 heteroatoms. The smallest absolute Gasteiger partial charge is 0.179 e. The topological polar surface area (TPSA) is 54.5 Å². The van der Waals surface area contributed by atoms with Crippen LogP contribution in [0.25, 0.3) is 11.4 Å². The maximum Gasteiger partial charge on any atom is 0.179 e. The van der Waals surface area contributed by atoms with Crippen LogP contribution < -0.4 is 0 Å². The molecule has 1 unspecified atom stereocenters. The quantitative estimate of drug-likeness (QED) is 0.785. The van der Waals surface area contributed by atoms with Crippen LogP contribution in [0.3, 0.4) is 0 Å². The van der Waals surface area contributed by atoms with Gasteiger partial charge in [0.2, 0.25) is 0 Å². The number of rotatable bonds is 2. The lowest BCUT2D eigenvalue weighted by atomic mass is 10.1. The maximum atomic E-state index is 13.0. The Kier molecular flexibility index (Phi) is 2.22. The Balaban J connectivity index is 2.41. The third kappa shape index (κ3) is 1.61. The molecule has 0 saturated heterocycles. The van der Waals surface area contributed by atoms with Crippen LogP contribution in [0.15, 0.2) is 18.2 Å². The van der Waals surface area contributed by atoms with Crippen molar-refractivity contribution in [1.29, 1.82) is 0 Å². The van der Waals surface area contributed by atoms with Crippen molar-refractivity contribution in [3.63, 3.8) is 0 Å². The van der Waals surface area contributed by atoms with E-state index in [9.17, 15) is 4.39 Å². The second kappa shape index (κ2) is 3.53. The Morgan fingerprint density at radius 3 is 3.07 bits per heavy atom. The molecule has 0 bridgehead atoms. The molecule has 4 nitrogen and oxygen atoms in total. The van der Waals surface area contributed by atoms with Gasteiger partial charge < -0.3 is 0 Å². The molecule has 71 valence electrons. The highest BCUT2D eigenvalue weighted by atomic mass is 19.1. The van der Waals surface area contributed by atoms with Crippen molar-refractivity contribution in [2.24, 2.45) is 0 Å². The molecule has 14 heavy (non-hydrogen) atoms. The number of nitrogens with one attached hydrogen (secondary N) is 1. The van der Waals surface area contributed by atoms with E-state index in [1.807, 2.05) is 0 Å². The molecule has 2 aromatic rings. The van der Waals surface area contributed by atoms with Crippen molar-refractivity contribution < 1.29 is 4.39 Å². The number of hydrogen-bond donors (Lipinski definition) is 1. The Bertz CT molecular complexity index is 411. The number of aromatic amines is 1. The second-order valence-electron chi connectivity index (χ2n) is 2.90. The Hall–Kier alpha value is -1.78. The van der Waals surface area contributed by atoms with Crippen molar-refractivity contribution in [2.45, 2.75) is 13.1 Å². The van der Waals surface area contributed by atoms with Crippen LogP contribution in [-0.2, 0) is 0 Å². The Labute approximate surface area is 80.2 Å². The van der Waals surface area contributed by atoms with Gasteiger partial charge in [0.25, 0.3) is 0 Å². The van der Waals surface area contributed by atoms with E-state index in [1.54, 1.807) is 18.2 Å². The molecule has 2 rings (SSSR count). The number of H-pyrrole nitrogens is 1. The van der Waals surface area contributed by atoms with Crippen molar-refractivity contribution in [3.8, 4) is 11.4 Å². The highest BCUT2D eigenvalue weighted by Gasteiger charge is 2.06. The minimum absolute atomic E-state index is 0.499. The normalized spacial score (nSPS) is 12.7. The van der Waals surface area contributed by atoms with Gasteiger partial charge in [0, 0.05) is 5.56 Å². The molecular weight excluding hydrogens is 183 g/mol. The average molecular weight is 191 g/mol. The summed E-state index contributed by atoms with van der Waals surface area (Å²) in [6, 6.07) is 7.91. The van der Waals surface area contributed by atoms with Gasteiger partial charge >= 0.3 is 0 Å². The zero-order valence-electron chi connectivity index (χ0n) is 7.53. The molecule has 0 spiro atoms. The molecule has 1 atom stereocenters. The number of aromatic nitrogens is 4. The lowest BCUT2D eigenvalue weighted by Gasteiger charge is -2.02. The molecule has 1 heterocycles. The molecule has 0 amide bonds. The van der Waals surface area contributed by atoms with Crippen LogP contribution in [0, 0.1) is 6.07 Å². The summed E-state index contributed by atoms with van der Waals surface area (Å²) in [5.74, 6) is 0.529. The number of benzene rings is 1. The molecule has 0 aliphatic heterocycles. The fourth-order valence-electron chi connectivity index (χ4n) is 1.14. The van der Waals surface area contributed by atoms with E-state index >= 15 is 0 Å². The van der Waals surface area contributed by atoms with Crippen molar-refractivity contribution in [2.75, 3.05) is 0 Å². The summed E-state index contributed by atoms with van der Waals surface area (Å²) in [7, 11) is 0. The first-order valence-corrected chi connectivity index (χ1v) is 4.17. The standard InChI is InChI=1S/C9H8FN4/c1-6(10)7-3-2-4-8(5-7)9-11-13-14-12-9/h2,4-6H,1H3,(H,11,12,13,14). The van der Waals surface area contributed by atoms with Crippen LogP contribution in [0.4, 0.5) is 4.39 Å². The fraction of sp³-hybridized carbons (Fsp3) is 0.222. The molecule has 0 aliphatic carbocycles. The SMILES string of the molecule is CC(F)c1[c]ccc(-c2nnn[nH]2)c1. The predicted octanol–water partition coefficient (Wildman–Crippen LogP) is 1.70. The van der Waals surface area contributed by atoms with Crippen LogP contribution in [0.5, 0.6) is 0 Å². The van der Waals surface area contributed by atoms with Gasteiger partial charge in [-0.15, -0.1) is 5.10 Å². The number of halogens is 1. The van der Waals surface area contributed by atoms with E-state index < -0.39 is 6.17 Å². The lowest BCUT2D eigenvalue weighted by molar-refractivity contribution is 0.374. The van der Waals surface area contributed by atoms with E-state index in [0.717, 1.165) is 5.56 Å². The van der Waals surface area contributed by atoms with Gasteiger partial charge in [-0.25, -0.2) is 9.49 Å². The average Bonchev–Trinajstić information content (AvgIpc) is 2.71. The Morgan fingerprint density at radius 2 is 2.43 bits per heavy atom. The summed E-state index contributed by atoms with van der Waals surface area (Å²) in [4.78, 5) is 0. The number of hydrogen-bond acceptors (Lipinski definition) is 3. The van der Waals surface area contributed by atoms with E-state index in [0.29, 0.717) is 11.4 Å². The highest BCUT2D eigenvalue weighted by molar-refractivity contribution is 5.54. The van der Waals surface area contributed by atoms with Crippen LogP contribution in [-0.4, -0.2) is 20.6 Å². The largest absolute Gasteiger partial charge is 0.243 e. The van der Waals surface area contributed by atoms with Gasteiger partial charge in [0.05, 0.1) is 0 Å². The fourth-order valence-corrected chi connectivity index (χ4v) is 1.14. The summed E-state index contributed by atoms with van der Waals surface area (Å²) in [5, 5.41) is 13.2. The van der Waals surface area contributed by atoms with Crippen LogP contribution in [0.2, 0.25) is 0 Å². The molecule has 0 aliphatic rings. The van der Waals surface area contributed by atoms with E-state index in [-0.39, 0.29) is 0 Å². The molecule has 0 saturated carbocycles. The molecule has 0 fully saturated rings. The first-order valence-electron chi connectivity index (χ1n) is 4.17. The monoisotopic (exact) mass is 191 g/mol. The van der Waals surface area contributed by atoms with Gasteiger partial charge in [-0.1, -0.05) is 12.1 Å². The molecule has 1 N–H and O–H groups in total. The first kappa shape index (κ1) is 8.80. The summed E-state index contributed by atoms with van der Waals surface area (Å²) in [5.41, 5.74) is 1.26. The molecule has 1 aromatic carbocycles. The van der Waals surface area contributed by atoms with E-state index in [4.69, 9.17) is 0 Å². The summed E-state index contributed by atoms with van der Waals surface area (Å²) in [6.45, 7) is 1.47. The van der Waals surface area contributed by atoms with Crippen molar-refractivity contribution in [1.82, 2.24) is 20.6 Å². The summed E-state index contributed by atoms with van der Waals surface area (Å²) < 4.78 is 13.0. The second-order valence-corrected chi connectivity index (χ2v) is 2.90. The zero-order chi connectivity index (χ0) is 9.97. The van der Waals surface area contributed by atoms with Gasteiger partial charge in [0.15, 0.2) is 5.82 Å². The number of nitrogens with zero attached hydrogens (tertiary/aromatic N) is 3. The molecular formula is C9H8FN4. The minimum atomic E-state index is -1.04. The van der Waals surface area contributed by atoms with E-state index in [2.05, 4.69) is 26.7 Å². The maximum absolute atomic E-state index is 13.0. The first-order chi connectivity index (χ1) is 6.77. The predicted molar refractivity (Wildman–Crippen MR) is 48.0 cm³/mol. The third-order valence-electron chi connectivity index (χ3n) is 1.87.